The first-order chi connectivity index (χ1) is 8.01. The van der Waals surface area contributed by atoms with E-state index in [9.17, 15) is 18.5 Å². The highest BCUT2D eigenvalue weighted by Crippen LogP contribution is 2.22. The SMILES string of the molecule is O=[N+]([O-])c1ccc(S(=O)(=O)N2CCCC2)cc1. The van der Waals surface area contributed by atoms with Gasteiger partial charge in [-0.2, -0.15) is 4.31 Å². The standard InChI is InChI=1S/C10H12N2O4S/c13-12(14)9-3-5-10(6-4-9)17(15,16)11-7-1-2-8-11/h3-6H,1-2,7-8H2. The van der Waals surface area contributed by atoms with E-state index >= 15 is 0 Å². The molecule has 0 saturated carbocycles. The van der Waals surface area contributed by atoms with Crippen LogP contribution in [-0.2, 0) is 10.0 Å². The molecule has 0 bridgehead atoms. The van der Waals surface area contributed by atoms with E-state index in [0.717, 1.165) is 12.8 Å². The first-order valence-electron chi connectivity index (χ1n) is 5.26. The highest BCUT2D eigenvalue weighted by Gasteiger charge is 2.27. The maximum Gasteiger partial charge on any atom is 0.269 e. The van der Waals surface area contributed by atoms with Crippen LogP contribution in [0, 0.1) is 10.1 Å². The molecule has 17 heavy (non-hydrogen) atoms. The van der Waals surface area contributed by atoms with Crippen LogP contribution < -0.4 is 0 Å². The molecule has 0 spiro atoms. The first kappa shape index (κ1) is 12.0. The third-order valence-electron chi connectivity index (χ3n) is 2.75. The minimum absolute atomic E-state index is 0.106. The highest BCUT2D eigenvalue weighted by molar-refractivity contribution is 7.89. The molecule has 0 N–H and O–H groups in total. The summed E-state index contributed by atoms with van der Waals surface area (Å²) < 4.78 is 25.6. The maximum atomic E-state index is 12.1. The van der Waals surface area contributed by atoms with Crippen molar-refractivity contribution < 1.29 is 13.3 Å². The zero-order valence-corrected chi connectivity index (χ0v) is 9.89. The van der Waals surface area contributed by atoms with Crippen LogP contribution in [0.2, 0.25) is 0 Å². The van der Waals surface area contributed by atoms with Crippen LogP contribution in [0.4, 0.5) is 5.69 Å². The smallest absolute Gasteiger partial charge is 0.258 e. The maximum absolute atomic E-state index is 12.1. The lowest BCUT2D eigenvalue weighted by molar-refractivity contribution is -0.384. The van der Waals surface area contributed by atoms with Crippen molar-refractivity contribution in [1.82, 2.24) is 4.31 Å². The molecule has 1 aliphatic rings. The Morgan fingerprint density at radius 2 is 1.65 bits per heavy atom. The second-order valence-electron chi connectivity index (χ2n) is 3.86. The van der Waals surface area contributed by atoms with Crippen molar-refractivity contribution in [3.05, 3.63) is 34.4 Å². The molecule has 0 unspecified atom stereocenters. The summed E-state index contributed by atoms with van der Waals surface area (Å²) in [6.07, 6.45) is 1.73. The van der Waals surface area contributed by atoms with Gasteiger partial charge in [0, 0.05) is 25.2 Å². The molecule has 0 aromatic heterocycles. The molecular formula is C10H12N2O4S. The van der Waals surface area contributed by atoms with Crippen molar-refractivity contribution in [3.8, 4) is 0 Å². The number of hydrogen-bond donors (Lipinski definition) is 0. The Hall–Kier alpha value is -1.47. The first-order valence-corrected chi connectivity index (χ1v) is 6.70. The van der Waals surface area contributed by atoms with Crippen molar-refractivity contribution in [2.45, 2.75) is 17.7 Å². The van der Waals surface area contributed by atoms with Gasteiger partial charge in [-0.3, -0.25) is 10.1 Å². The van der Waals surface area contributed by atoms with Crippen molar-refractivity contribution >= 4 is 15.7 Å². The van der Waals surface area contributed by atoms with E-state index in [1.807, 2.05) is 0 Å². The van der Waals surface area contributed by atoms with Crippen LogP contribution in [0.1, 0.15) is 12.8 Å². The molecule has 1 aliphatic heterocycles. The summed E-state index contributed by atoms with van der Waals surface area (Å²) in [6.45, 7) is 1.05. The average Bonchev–Trinajstić information content (AvgIpc) is 2.83. The predicted molar refractivity (Wildman–Crippen MR) is 61.1 cm³/mol. The van der Waals surface area contributed by atoms with Gasteiger partial charge in [0.05, 0.1) is 9.82 Å². The Labute approximate surface area is 99.1 Å². The number of nitro groups is 1. The van der Waals surface area contributed by atoms with Crippen LogP contribution in [0.3, 0.4) is 0 Å². The lowest BCUT2D eigenvalue weighted by Gasteiger charge is -2.14. The molecule has 0 amide bonds. The van der Waals surface area contributed by atoms with Gasteiger partial charge >= 0.3 is 0 Å². The molecule has 7 heteroatoms. The lowest BCUT2D eigenvalue weighted by Crippen LogP contribution is -2.27. The highest BCUT2D eigenvalue weighted by atomic mass is 32.2. The van der Waals surface area contributed by atoms with E-state index in [0.29, 0.717) is 13.1 Å². The molecule has 1 aromatic rings. The Morgan fingerprint density at radius 3 is 2.12 bits per heavy atom. The molecule has 92 valence electrons. The van der Waals surface area contributed by atoms with E-state index in [-0.39, 0.29) is 10.6 Å². The summed E-state index contributed by atoms with van der Waals surface area (Å²) in [4.78, 5) is 10.0. The van der Waals surface area contributed by atoms with E-state index in [1.165, 1.54) is 28.6 Å². The zero-order valence-electron chi connectivity index (χ0n) is 9.07. The molecular weight excluding hydrogens is 244 g/mol. The zero-order chi connectivity index (χ0) is 12.5. The predicted octanol–water partition coefficient (Wildman–Crippen LogP) is 1.38. The van der Waals surface area contributed by atoms with Gasteiger partial charge in [-0.15, -0.1) is 0 Å². The second kappa shape index (κ2) is 4.42. The lowest BCUT2D eigenvalue weighted by atomic mass is 10.3. The normalized spacial score (nSPS) is 17.2. The summed E-state index contributed by atoms with van der Waals surface area (Å²) in [5.74, 6) is 0. The molecule has 0 aliphatic carbocycles. The van der Waals surface area contributed by atoms with Crippen molar-refractivity contribution in [2.75, 3.05) is 13.1 Å². The fourth-order valence-electron chi connectivity index (χ4n) is 1.82. The quantitative estimate of drug-likeness (QED) is 0.604. The van der Waals surface area contributed by atoms with Crippen molar-refractivity contribution in [2.24, 2.45) is 0 Å². The van der Waals surface area contributed by atoms with Gasteiger partial charge in [0.1, 0.15) is 0 Å². The average molecular weight is 256 g/mol. The fraction of sp³-hybridized carbons (Fsp3) is 0.400. The van der Waals surface area contributed by atoms with E-state index < -0.39 is 14.9 Å². The van der Waals surface area contributed by atoms with Gasteiger partial charge in [-0.05, 0) is 25.0 Å². The number of benzene rings is 1. The summed E-state index contributed by atoms with van der Waals surface area (Å²) in [7, 11) is -3.47. The molecule has 1 aromatic carbocycles. The van der Waals surface area contributed by atoms with Crippen molar-refractivity contribution in [1.29, 1.82) is 0 Å². The van der Waals surface area contributed by atoms with Gasteiger partial charge in [-0.25, -0.2) is 8.42 Å². The monoisotopic (exact) mass is 256 g/mol. The van der Waals surface area contributed by atoms with Gasteiger partial charge in [0.15, 0.2) is 0 Å². The van der Waals surface area contributed by atoms with Crippen LogP contribution in [0.25, 0.3) is 0 Å². The summed E-state index contributed by atoms with van der Waals surface area (Å²) in [5.41, 5.74) is -0.106. The molecule has 0 atom stereocenters. The minimum atomic E-state index is -3.47. The third kappa shape index (κ3) is 2.29. The van der Waals surface area contributed by atoms with Crippen molar-refractivity contribution in [3.63, 3.8) is 0 Å². The van der Waals surface area contributed by atoms with Gasteiger partial charge in [-0.1, -0.05) is 0 Å². The van der Waals surface area contributed by atoms with Gasteiger partial charge in [0.2, 0.25) is 10.0 Å². The van der Waals surface area contributed by atoms with Crippen LogP contribution in [0.5, 0.6) is 0 Å². The summed E-state index contributed by atoms with van der Waals surface area (Å²) in [5, 5.41) is 10.5. The fourth-order valence-corrected chi connectivity index (χ4v) is 3.33. The number of hydrogen-bond acceptors (Lipinski definition) is 4. The third-order valence-corrected chi connectivity index (χ3v) is 4.66. The topological polar surface area (TPSA) is 80.5 Å². The number of nitro benzene ring substituents is 1. The Kier molecular flexibility index (Phi) is 3.12. The summed E-state index contributed by atoms with van der Waals surface area (Å²) in [6, 6.07) is 4.99. The number of sulfonamides is 1. The van der Waals surface area contributed by atoms with Crippen LogP contribution in [-0.4, -0.2) is 30.7 Å². The molecule has 6 nitrogen and oxygen atoms in total. The number of nitrogens with zero attached hydrogens (tertiary/aromatic N) is 2. The molecule has 0 radical (unpaired) electrons. The summed E-state index contributed by atoms with van der Waals surface area (Å²) >= 11 is 0. The minimum Gasteiger partial charge on any atom is -0.258 e. The Bertz CT molecular complexity index is 518. The number of rotatable bonds is 3. The van der Waals surface area contributed by atoms with E-state index in [2.05, 4.69) is 0 Å². The molecule has 2 rings (SSSR count). The van der Waals surface area contributed by atoms with Gasteiger partial charge < -0.3 is 0 Å². The van der Waals surface area contributed by atoms with Gasteiger partial charge in [0.25, 0.3) is 5.69 Å². The second-order valence-corrected chi connectivity index (χ2v) is 5.80. The Balaban J connectivity index is 2.30. The largest absolute Gasteiger partial charge is 0.269 e. The van der Waals surface area contributed by atoms with Crippen LogP contribution in [0.15, 0.2) is 29.2 Å². The molecule has 1 fully saturated rings. The van der Waals surface area contributed by atoms with E-state index in [4.69, 9.17) is 0 Å². The Morgan fingerprint density at radius 1 is 1.12 bits per heavy atom. The molecule has 1 saturated heterocycles. The molecule has 1 heterocycles. The van der Waals surface area contributed by atoms with Crippen LogP contribution >= 0.6 is 0 Å². The van der Waals surface area contributed by atoms with E-state index in [1.54, 1.807) is 0 Å². The number of non-ortho nitro benzene ring substituents is 1.